The van der Waals surface area contributed by atoms with Gasteiger partial charge in [0, 0.05) is 11.6 Å². The van der Waals surface area contributed by atoms with E-state index in [1.165, 1.54) is 6.07 Å². The van der Waals surface area contributed by atoms with Gasteiger partial charge >= 0.3 is 6.18 Å². The first-order valence-electron chi connectivity index (χ1n) is 4.95. The lowest BCUT2D eigenvalue weighted by atomic mass is 9.83. The highest BCUT2D eigenvalue weighted by molar-refractivity contribution is 6.30. The van der Waals surface area contributed by atoms with E-state index >= 15 is 0 Å². The van der Waals surface area contributed by atoms with Crippen molar-refractivity contribution in [1.29, 1.82) is 0 Å². The van der Waals surface area contributed by atoms with Crippen molar-refractivity contribution in [3.8, 4) is 0 Å². The van der Waals surface area contributed by atoms with Crippen LogP contribution in [0.5, 0.6) is 0 Å². The van der Waals surface area contributed by atoms with Crippen molar-refractivity contribution >= 4 is 11.6 Å². The fourth-order valence-corrected chi connectivity index (χ4v) is 2.20. The Kier molecular flexibility index (Phi) is 2.67. The first kappa shape index (κ1) is 11.7. The summed E-state index contributed by atoms with van der Waals surface area (Å²) < 4.78 is 39.1. The number of benzene rings is 1. The molecule has 1 aromatic carbocycles. The van der Waals surface area contributed by atoms with Gasteiger partial charge in [-0.25, -0.2) is 0 Å². The molecule has 5 heteroatoms. The van der Waals surface area contributed by atoms with Crippen LogP contribution in [0.4, 0.5) is 13.2 Å². The minimum absolute atomic E-state index is 0.235. The van der Waals surface area contributed by atoms with Crippen LogP contribution < -0.4 is 5.32 Å². The zero-order chi connectivity index (χ0) is 12.0. The molecule has 0 spiro atoms. The molecular formula is C11H11ClF3N. The topological polar surface area (TPSA) is 12.0 Å². The Bertz CT molecular complexity index is 416. The first-order chi connectivity index (χ1) is 7.34. The lowest BCUT2D eigenvalue weighted by Crippen LogP contribution is -2.55. The van der Waals surface area contributed by atoms with Crippen LogP contribution in [0, 0.1) is 0 Å². The van der Waals surface area contributed by atoms with Gasteiger partial charge in [0.2, 0.25) is 0 Å². The molecule has 1 N–H and O–H groups in total. The average molecular weight is 250 g/mol. The number of alkyl halides is 3. The molecule has 1 unspecified atom stereocenters. The van der Waals surface area contributed by atoms with Crippen LogP contribution >= 0.6 is 11.6 Å². The molecule has 0 amide bonds. The molecular weight excluding hydrogens is 239 g/mol. The molecule has 0 saturated carbocycles. The van der Waals surface area contributed by atoms with Crippen LogP contribution in [0.25, 0.3) is 0 Å². The number of hydrogen-bond donors (Lipinski definition) is 1. The number of fused-ring (bicyclic) bond motifs is 1. The van der Waals surface area contributed by atoms with Crippen LogP contribution in [-0.2, 0) is 12.0 Å². The maximum Gasteiger partial charge on any atom is 0.410 e. The number of halogens is 4. The maximum atomic E-state index is 13.0. The number of rotatable bonds is 0. The number of nitrogens with one attached hydrogen (secondary N) is 1. The van der Waals surface area contributed by atoms with Crippen LogP contribution in [0.1, 0.15) is 18.1 Å². The van der Waals surface area contributed by atoms with E-state index < -0.39 is 11.7 Å². The molecule has 1 aliphatic heterocycles. The van der Waals surface area contributed by atoms with Gasteiger partial charge in [-0.1, -0.05) is 17.7 Å². The van der Waals surface area contributed by atoms with Gasteiger partial charge < -0.3 is 0 Å². The SMILES string of the molecule is CC1(C(F)(F)F)NCCc2ccc(Cl)cc21. The summed E-state index contributed by atoms with van der Waals surface area (Å²) in [5, 5.41) is 2.87. The van der Waals surface area contributed by atoms with Gasteiger partial charge in [0.1, 0.15) is 5.54 Å². The standard InChI is InChI=1S/C11H11ClF3N/c1-10(11(13,14)15)9-6-8(12)3-2-7(9)4-5-16-10/h2-3,6,16H,4-5H2,1H3. The zero-order valence-electron chi connectivity index (χ0n) is 8.66. The predicted molar refractivity (Wildman–Crippen MR) is 56.6 cm³/mol. The van der Waals surface area contributed by atoms with E-state index in [0.717, 1.165) is 6.92 Å². The molecule has 0 bridgehead atoms. The summed E-state index contributed by atoms with van der Waals surface area (Å²) in [7, 11) is 0. The molecule has 0 saturated heterocycles. The summed E-state index contributed by atoms with van der Waals surface area (Å²) in [6.45, 7) is 1.48. The highest BCUT2D eigenvalue weighted by Gasteiger charge is 2.54. The molecule has 1 heterocycles. The molecule has 1 atom stereocenters. The van der Waals surface area contributed by atoms with Crippen LogP contribution in [0.3, 0.4) is 0 Å². The largest absolute Gasteiger partial charge is 0.410 e. The maximum absolute atomic E-state index is 13.0. The Morgan fingerprint density at radius 3 is 2.69 bits per heavy atom. The van der Waals surface area contributed by atoms with Crippen molar-refractivity contribution in [3.63, 3.8) is 0 Å². The van der Waals surface area contributed by atoms with Crippen molar-refractivity contribution < 1.29 is 13.2 Å². The Morgan fingerprint density at radius 2 is 2.06 bits per heavy atom. The summed E-state index contributed by atoms with van der Waals surface area (Å²) in [6, 6.07) is 4.70. The van der Waals surface area contributed by atoms with Crippen molar-refractivity contribution in [1.82, 2.24) is 5.32 Å². The van der Waals surface area contributed by atoms with Crippen molar-refractivity contribution in [2.24, 2.45) is 0 Å². The molecule has 0 aromatic heterocycles. The van der Waals surface area contributed by atoms with Crippen LogP contribution in [-0.4, -0.2) is 12.7 Å². The molecule has 1 aromatic rings. The molecule has 0 radical (unpaired) electrons. The zero-order valence-corrected chi connectivity index (χ0v) is 9.41. The highest BCUT2D eigenvalue weighted by atomic mass is 35.5. The third kappa shape index (κ3) is 1.70. The Balaban J connectivity index is 2.59. The average Bonchev–Trinajstić information content (AvgIpc) is 2.18. The lowest BCUT2D eigenvalue weighted by molar-refractivity contribution is -0.196. The molecule has 16 heavy (non-hydrogen) atoms. The molecule has 0 aliphatic carbocycles. The summed E-state index contributed by atoms with van der Waals surface area (Å²) in [5.74, 6) is 0. The van der Waals surface area contributed by atoms with Crippen molar-refractivity contribution in [2.75, 3.05) is 6.54 Å². The third-order valence-corrected chi connectivity index (χ3v) is 3.29. The summed E-state index contributed by atoms with van der Waals surface area (Å²) in [5.41, 5.74) is -1.05. The first-order valence-corrected chi connectivity index (χ1v) is 5.33. The smallest absolute Gasteiger partial charge is 0.300 e. The number of hydrogen-bond acceptors (Lipinski definition) is 1. The van der Waals surface area contributed by atoms with E-state index in [-0.39, 0.29) is 5.56 Å². The van der Waals surface area contributed by atoms with E-state index in [2.05, 4.69) is 5.32 Å². The Morgan fingerprint density at radius 1 is 1.38 bits per heavy atom. The molecule has 1 nitrogen and oxygen atoms in total. The fraction of sp³-hybridized carbons (Fsp3) is 0.455. The second kappa shape index (κ2) is 3.64. The summed E-state index contributed by atoms with van der Waals surface area (Å²) in [6.07, 6.45) is -3.73. The van der Waals surface area contributed by atoms with E-state index in [4.69, 9.17) is 11.6 Å². The normalized spacial score (nSPS) is 25.3. The quantitative estimate of drug-likeness (QED) is 0.744. The van der Waals surface area contributed by atoms with E-state index in [1.54, 1.807) is 12.1 Å². The van der Waals surface area contributed by atoms with Crippen molar-refractivity contribution in [3.05, 3.63) is 34.3 Å². The van der Waals surface area contributed by atoms with E-state index in [9.17, 15) is 13.2 Å². The Labute approximate surface area is 96.6 Å². The van der Waals surface area contributed by atoms with Crippen molar-refractivity contribution in [2.45, 2.75) is 25.1 Å². The van der Waals surface area contributed by atoms with Gasteiger partial charge in [-0.05, 0) is 36.6 Å². The van der Waals surface area contributed by atoms with Gasteiger partial charge in [0.15, 0.2) is 0 Å². The Hall–Kier alpha value is -0.740. The summed E-state index contributed by atoms with van der Waals surface area (Å²) in [4.78, 5) is 0. The predicted octanol–water partition coefficient (Wildman–Crippen LogP) is 3.26. The van der Waals surface area contributed by atoms with Gasteiger partial charge in [0.25, 0.3) is 0 Å². The molecule has 88 valence electrons. The van der Waals surface area contributed by atoms with E-state index in [0.29, 0.717) is 23.6 Å². The second-order valence-electron chi connectivity index (χ2n) is 4.10. The van der Waals surface area contributed by atoms with Gasteiger partial charge in [-0.3, -0.25) is 5.32 Å². The lowest BCUT2D eigenvalue weighted by Gasteiger charge is -2.38. The minimum Gasteiger partial charge on any atom is -0.300 e. The third-order valence-electron chi connectivity index (χ3n) is 3.05. The van der Waals surface area contributed by atoms with Crippen LogP contribution in [0.2, 0.25) is 5.02 Å². The van der Waals surface area contributed by atoms with E-state index in [1.807, 2.05) is 0 Å². The van der Waals surface area contributed by atoms with Gasteiger partial charge in [-0.2, -0.15) is 13.2 Å². The molecule has 2 rings (SSSR count). The fourth-order valence-electron chi connectivity index (χ4n) is 2.03. The molecule has 1 aliphatic rings. The monoisotopic (exact) mass is 249 g/mol. The van der Waals surface area contributed by atoms with Gasteiger partial charge in [0.05, 0.1) is 0 Å². The molecule has 0 fully saturated rings. The summed E-state index contributed by atoms with van der Waals surface area (Å²) >= 11 is 5.76. The van der Waals surface area contributed by atoms with Crippen LogP contribution in [0.15, 0.2) is 18.2 Å². The minimum atomic E-state index is -4.33. The highest BCUT2D eigenvalue weighted by Crippen LogP contribution is 2.42. The second-order valence-corrected chi connectivity index (χ2v) is 4.54. The van der Waals surface area contributed by atoms with Gasteiger partial charge in [-0.15, -0.1) is 0 Å².